The Bertz CT molecular complexity index is 1960. The topological polar surface area (TPSA) is 182 Å². The summed E-state index contributed by atoms with van der Waals surface area (Å²) in [6.45, 7) is 7.28. The Morgan fingerprint density at radius 2 is 1.76 bits per heavy atom. The van der Waals surface area contributed by atoms with Gasteiger partial charge in [0.05, 0.1) is 25.1 Å². The number of hydrogen-bond donors (Lipinski definition) is 3. The van der Waals surface area contributed by atoms with Crippen LogP contribution in [0.25, 0.3) is 10.8 Å². The normalized spacial score (nSPS) is 26.9. The molecule has 5 aliphatic rings. The Morgan fingerprint density at radius 3 is 2.39 bits per heavy atom. The summed E-state index contributed by atoms with van der Waals surface area (Å²) in [6.07, 6.45) is 6.45. The highest BCUT2D eigenvalue weighted by Gasteiger charge is 2.67. The van der Waals surface area contributed by atoms with Crippen molar-refractivity contribution in [2.45, 2.75) is 126 Å². The van der Waals surface area contributed by atoms with Crippen molar-refractivity contribution >= 4 is 56.2 Å². The maximum Gasteiger partial charge on any atom is 0.408 e. The van der Waals surface area contributed by atoms with Crippen LogP contribution in [0.4, 0.5) is 4.79 Å². The standard InChI is InChI=1S/C38H50ClN5O9S/c1-36(2,3)30(41-35(48)53-37(4)14-6-7-15-37)33(46)44-20-23(52-32-26-16-22(39)10-13-25(26)29(51-5)19-40-32)17-28(44)31(45)42-38(18-27(38)21-8-9-21)34(47)43-54(49,50)24-11-12-24/h10,13,16,19,21,23-24,27-28,30H,6-9,11-12,14-15,17-18,20H2,1-5H3,(H,41,48)(H,42,45)(H,43,47)/t23-,27+,28+,30-,38-/m1/s1. The molecule has 0 bridgehead atoms. The van der Waals surface area contributed by atoms with Gasteiger partial charge in [-0.1, -0.05) is 32.4 Å². The van der Waals surface area contributed by atoms with Crippen LogP contribution < -0.4 is 24.8 Å². The number of nitrogens with zero attached hydrogens (tertiary/aromatic N) is 2. The molecular formula is C38H50ClN5O9S. The van der Waals surface area contributed by atoms with Crippen LogP contribution in [0.2, 0.25) is 5.02 Å². The molecule has 4 amide bonds. The van der Waals surface area contributed by atoms with E-state index in [9.17, 15) is 27.6 Å². The van der Waals surface area contributed by atoms with E-state index in [2.05, 4.69) is 20.3 Å². The number of fused-ring (bicyclic) bond motifs is 1. The summed E-state index contributed by atoms with van der Waals surface area (Å²) in [7, 11) is -2.34. The van der Waals surface area contributed by atoms with Gasteiger partial charge in [-0.25, -0.2) is 18.2 Å². The predicted molar refractivity (Wildman–Crippen MR) is 199 cm³/mol. The van der Waals surface area contributed by atoms with Crippen molar-refractivity contribution in [3.63, 3.8) is 0 Å². The van der Waals surface area contributed by atoms with Gasteiger partial charge in [0.15, 0.2) is 0 Å². The summed E-state index contributed by atoms with van der Waals surface area (Å²) < 4.78 is 45.7. The lowest BCUT2D eigenvalue weighted by Gasteiger charge is -2.36. The number of halogens is 1. The highest BCUT2D eigenvalue weighted by Crippen LogP contribution is 2.57. The largest absolute Gasteiger partial charge is 0.494 e. The number of ether oxygens (including phenoxy) is 3. The zero-order valence-corrected chi connectivity index (χ0v) is 33.0. The average Bonchev–Trinajstić information content (AvgIpc) is 4.02. The van der Waals surface area contributed by atoms with Gasteiger partial charge in [0.2, 0.25) is 27.7 Å². The van der Waals surface area contributed by atoms with Gasteiger partial charge in [0, 0.05) is 22.2 Å². The quantitative estimate of drug-likeness (QED) is 0.275. The third kappa shape index (κ3) is 7.80. The zero-order valence-electron chi connectivity index (χ0n) is 31.4. The number of likely N-dealkylation sites (tertiary alicyclic amines) is 1. The molecule has 3 N–H and O–H groups in total. The maximum atomic E-state index is 14.7. The number of alkyl carbamates (subject to hydrolysis) is 1. The summed E-state index contributed by atoms with van der Waals surface area (Å²) in [5.41, 5.74) is -2.85. The zero-order chi connectivity index (χ0) is 38.8. The van der Waals surface area contributed by atoms with Gasteiger partial charge in [-0.2, -0.15) is 0 Å². The minimum absolute atomic E-state index is 0.0267. The Morgan fingerprint density at radius 1 is 1.06 bits per heavy atom. The van der Waals surface area contributed by atoms with Crippen LogP contribution in [0, 0.1) is 17.3 Å². The van der Waals surface area contributed by atoms with Crippen LogP contribution in [-0.2, 0) is 29.1 Å². The van der Waals surface area contributed by atoms with Crippen molar-refractivity contribution < 1.29 is 41.8 Å². The van der Waals surface area contributed by atoms with Gasteiger partial charge < -0.3 is 29.7 Å². The van der Waals surface area contributed by atoms with E-state index in [-0.39, 0.29) is 30.7 Å². The van der Waals surface area contributed by atoms with Gasteiger partial charge in [-0.15, -0.1) is 0 Å². The molecule has 5 atom stereocenters. The fourth-order valence-corrected chi connectivity index (χ4v) is 9.70. The third-order valence-electron chi connectivity index (χ3n) is 11.7. The van der Waals surface area contributed by atoms with E-state index < -0.39 is 73.8 Å². The number of aromatic nitrogens is 1. The molecule has 0 radical (unpaired) electrons. The maximum absolute atomic E-state index is 14.7. The summed E-state index contributed by atoms with van der Waals surface area (Å²) in [5, 5.41) is 6.84. The van der Waals surface area contributed by atoms with Crippen LogP contribution in [-0.4, -0.2) is 90.3 Å². The summed E-state index contributed by atoms with van der Waals surface area (Å²) in [6, 6.07) is 2.98. The fraction of sp³-hybridized carbons (Fsp3) is 0.658. The molecule has 1 aromatic heterocycles. The molecule has 4 aliphatic carbocycles. The third-order valence-corrected chi connectivity index (χ3v) is 13.7. The van der Waals surface area contributed by atoms with E-state index >= 15 is 0 Å². The first-order chi connectivity index (χ1) is 25.4. The first-order valence-electron chi connectivity index (χ1n) is 18.9. The molecule has 2 heterocycles. The molecule has 0 unspecified atom stereocenters. The van der Waals surface area contributed by atoms with Crippen LogP contribution in [0.1, 0.15) is 91.9 Å². The first-order valence-corrected chi connectivity index (χ1v) is 20.8. The minimum atomic E-state index is -3.87. The second kappa shape index (κ2) is 14.0. The minimum Gasteiger partial charge on any atom is -0.494 e. The molecule has 5 fully saturated rings. The van der Waals surface area contributed by atoms with E-state index in [0.29, 0.717) is 40.8 Å². The smallest absolute Gasteiger partial charge is 0.408 e. The van der Waals surface area contributed by atoms with Gasteiger partial charge in [-0.3, -0.25) is 19.1 Å². The number of carbonyl (C=O) groups is 4. The number of carbonyl (C=O) groups excluding carboxylic acids is 4. The van der Waals surface area contributed by atoms with Crippen LogP contribution in [0.15, 0.2) is 24.4 Å². The highest BCUT2D eigenvalue weighted by atomic mass is 35.5. The molecular weight excluding hydrogens is 738 g/mol. The number of rotatable bonds is 12. The number of hydrogen-bond acceptors (Lipinski definition) is 10. The molecule has 54 heavy (non-hydrogen) atoms. The number of nitrogens with one attached hydrogen (secondary N) is 3. The predicted octanol–water partition coefficient (Wildman–Crippen LogP) is 4.61. The van der Waals surface area contributed by atoms with E-state index in [0.717, 1.165) is 38.5 Å². The Labute approximate surface area is 320 Å². The van der Waals surface area contributed by atoms with Crippen molar-refractivity contribution in [1.82, 2.24) is 25.2 Å². The molecule has 1 aromatic carbocycles. The second-order valence-corrected chi connectivity index (χ2v) is 19.5. The van der Waals surface area contributed by atoms with Crippen LogP contribution >= 0.6 is 11.6 Å². The lowest BCUT2D eigenvalue weighted by atomic mass is 9.85. The van der Waals surface area contributed by atoms with Crippen molar-refractivity contribution in [3.05, 3.63) is 29.4 Å². The van der Waals surface area contributed by atoms with E-state index in [4.69, 9.17) is 25.8 Å². The number of amides is 4. The molecule has 1 aliphatic heterocycles. The van der Waals surface area contributed by atoms with Crippen LogP contribution in [0.3, 0.4) is 0 Å². The average molecular weight is 788 g/mol. The summed E-state index contributed by atoms with van der Waals surface area (Å²) in [4.78, 5) is 62.1. The summed E-state index contributed by atoms with van der Waals surface area (Å²) in [5.74, 6) is -1.17. The Kier molecular flexibility index (Phi) is 9.98. The Balaban J connectivity index is 1.17. The van der Waals surface area contributed by atoms with Gasteiger partial charge in [-0.05, 0) is 100 Å². The van der Waals surface area contributed by atoms with Crippen molar-refractivity contribution in [2.24, 2.45) is 17.3 Å². The monoisotopic (exact) mass is 787 g/mol. The first kappa shape index (κ1) is 38.4. The number of benzene rings is 1. The van der Waals surface area contributed by atoms with Gasteiger partial charge >= 0.3 is 6.09 Å². The fourth-order valence-electron chi connectivity index (χ4n) is 8.17. The van der Waals surface area contributed by atoms with E-state index in [1.54, 1.807) is 18.2 Å². The highest BCUT2D eigenvalue weighted by molar-refractivity contribution is 7.91. The van der Waals surface area contributed by atoms with E-state index in [1.807, 2.05) is 27.7 Å². The number of methoxy groups -OCH3 is 1. The summed E-state index contributed by atoms with van der Waals surface area (Å²) >= 11 is 6.36. The SMILES string of the molecule is COc1cnc(O[C@@H]2C[C@@H](C(=O)N[C@]3(C(=O)NS(=O)(=O)C4CC4)C[C@H]3C3CC3)N(C(=O)[C@@H](NC(=O)OC3(C)CCCC3)C(C)(C)C)C2)c2cc(Cl)ccc12. The Hall–Kier alpha value is -3.85. The molecule has 16 heteroatoms. The van der Waals surface area contributed by atoms with Crippen molar-refractivity contribution in [1.29, 1.82) is 0 Å². The molecule has 14 nitrogen and oxygen atoms in total. The molecule has 0 spiro atoms. The number of sulfonamides is 1. The van der Waals surface area contributed by atoms with Gasteiger partial charge in [0.1, 0.15) is 35.1 Å². The van der Waals surface area contributed by atoms with E-state index in [1.165, 1.54) is 18.2 Å². The van der Waals surface area contributed by atoms with Gasteiger partial charge in [0.25, 0.3) is 5.91 Å². The molecule has 294 valence electrons. The van der Waals surface area contributed by atoms with Crippen LogP contribution in [0.5, 0.6) is 11.6 Å². The van der Waals surface area contributed by atoms with Crippen molar-refractivity contribution in [3.8, 4) is 11.6 Å². The lowest BCUT2D eigenvalue weighted by molar-refractivity contribution is -0.143. The molecule has 4 saturated carbocycles. The molecule has 1 saturated heterocycles. The lowest BCUT2D eigenvalue weighted by Crippen LogP contribution is -2.60. The molecule has 2 aromatic rings. The molecule has 7 rings (SSSR count). The number of pyridine rings is 1. The second-order valence-electron chi connectivity index (χ2n) is 17.1. The van der Waals surface area contributed by atoms with Crippen molar-refractivity contribution in [2.75, 3.05) is 13.7 Å².